The van der Waals surface area contributed by atoms with Crippen LogP contribution in [0.1, 0.15) is 18.2 Å². The molecule has 0 fully saturated rings. The summed E-state index contributed by atoms with van der Waals surface area (Å²) in [7, 11) is 0. The standard InChI is InChI=1S/C21H19N3O5/c1-2-15-6-8-18(9-7-15)28-14-21(25)23-22-13-19-10-11-20(29-19)16-4-3-5-17(12-16)24(26)27/h3-13H,2,14H2,1H3,(H,23,25)/b22-13+. The minimum absolute atomic E-state index is 0.0225. The van der Waals surface area contributed by atoms with Crippen molar-refractivity contribution >= 4 is 17.8 Å². The van der Waals surface area contributed by atoms with Crippen molar-refractivity contribution in [3.8, 4) is 17.1 Å². The number of non-ortho nitro benzene ring substituents is 1. The Bertz CT molecular complexity index is 1020. The summed E-state index contributed by atoms with van der Waals surface area (Å²) in [6.45, 7) is 1.90. The third kappa shape index (κ3) is 5.52. The highest BCUT2D eigenvalue weighted by molar-refractivity contribution is 5.81. The van der Waals surface area contributed by atoms with Gasteiger partial charge in [0.1, 0.15) is 17.3 Å². The van der Waals surface area contributed by atoms with Crippen molar-refractivity contribution in [1.29, 1.82) is 0 Å². The Morgan fingerprint density at radius 2 is 2.00 bits per heavy atom. The zero-order valence-electron chi connectivity index (χ0n) is 15.7. The Morgan fingerprint density at radius 1 is 1.21 bits per heavy atom. The summed E-state index contributed by atoms with van der Waals surface area (Å²) in [5, 5.41) is 14.7. The van der Waals surface area contributed by atoms with E-state index in [0.717, 1.165) is 6.42 Å². The summed E-state index contributed by atoms with van der Waals surface area (Å²) in [4.78, 5) is 22.2. The van der Waals surface area contributed by atoms with Gasteiger partial charge in [0.05, 0.1) is 11.1 Å². The highest BCUT2D eigenvalue weighted by Gasteiger charge is 2.10. The number of carbonyl (C=O) groups excluding carboxylic acids is 1. The quantitative estimate of drug-likeness (QED) is 0.354. The third-order valence-corrected chi connectivity index (χ3v) is 4.05. The van der Waals surface area contributed by atoms with Crippen molar-refractivity contribution < 1.29 is 18.9 Å². The first-order valence-corrected chi connectivity index (χ1v) is 8.93. The van der Waals surface area contributed by atoms with Crippen molar-refractivity contribution in [3.63, 3.8) is 0 Å². The SMILES string of the molecule is CCc1ccc(OCC(=O)N/N=C/c2ccc(-c3cccc([N+](=O)[O-])c3)o2)cc1. The van der Waals surface area contributed by atoms with Crippen LogP contribution in [-0.4, -0.2) is 23.7 Å². The molecule has 0 aliphatic heterocycles. The summed E-state index contributed by atoms with van der Waals surface area (Å²) >= 11 is 0. The largest absolute Gasteiger partial charge is 0.484 e. The van der Waals surface area contributed by atoms with Gasteiger partial charge in [0, 0.05) is 17.7 Å². The number of ether oxygens (including phenoxy) is 1. The first-order chi connectivity index (χ1) is 14.0. The van der Waals surface area contributed by atoms with E-state index in [1.807, 2.05) is 24.3 Å². The first kappa shape index (κ1) is 19.8. The van der Waals surface area contributed by atoms with Crippen molar-refractivity contribution in [1.82, 2.24) is 5.43 Å². The van der Waals surface area contributed by atoms with Crippen LogP contribution in [-0.2, 0) is 11.2 Å². The van der Waals surface area contributed by atoms with Crippen molar-refractivity contribution in [2.24, 2.45) is 5.10 Å². The van der Waals surface area contributed by atoms with Crippen LogP contribution in [0, 0.1) is 10.1 Å². The van der Waals surface area contributed by atoms with Gasteiger partial charge in [-0.15, -0.1) is 0 Å². The number of hydrogen-bond acceptors (Lipinski definition) is 6. The monoisotopic (exact) mass is 393 g/mol. The average molecular weight is 393 g/mol. The molecule has 148 valence electrons. The van der Waals surface area contributed by atoms with Gasteiger partial charge in [0.2, 0.25) is 0 Å². The predicted molar refractivity (Wildman–Crippen MR) is 108 cm³/mol. The lowest BCUT2D eigenvalue weighted by Gasteiger charge is -2.05. The minimum Gasteiger partial charge on any atom is -0.484 e. The predicted octanol–water partition coefficient (Wildman–Crippen LogP) is 3.95. The Hall–Kier alpha value is -3.94. The van der Waals surface area contributed by atoms with Crippen molar-refractivity contribution in [3.05, 3.63) is 82.1 Å². The number of benzene rings is 2. The molecule has 8 heteroatoms. The van der Waals surface area contributed by atoms with Crippen LogP contribution in [0.4, 0.5) is 5.69 Å². The molecule has 0 radical (unpaired) electrons. The molecule has 0 saturated heterocycles. The zero-order valence-corrected chi connectivity index (χ0v) is 15.7. The number of hydrazone groups is 1. The molecule has 0 aliphatic rings. The molecule has 0 aliphatic carbocycles. The summed E-state index contributed by atoms with van der Waals surface area (Å²) in [5.41, 5.74) is 4.09. The van der Waals surface area contributed by atoms with E-state index in [1.54, 1.807) is 24.3 Å². The molecule has 0 unspecified atom stereocenters. The fourth-order valence-corrected chi connectivity index (χ4v) is 2.52. The van der Waals surface area contributed by atoms with Crippen LogP contribution in [0.5, 0.6) is 5.75 Å². The maximum atomic E-state index is 11.8. The van der Waals surface area contributed by atoms with Crippen LogP contribution in [0.25, 0.3) is 11.3 Å². The molecule has 1 aromatic heterocycles. The van der Waals surface area contributed by atoms with Gasteiger partial charge in [0.15, 0.2) is 6.61 Å². The highest BCUT2D eigenvalue weighted by Crippen LogP contribution is 2.25. The van der Waals surface area contributed by atoms with Crippen LogP contribution < -0.4 is 10.2 Å². The Morgan fingerprint density at radius 3 is 2.72 bits per heavy atom. The van der Waals surface area contributed by atoms with E-state index in [0.29, 0.717) is 22.8 Å². The van der Waals surface area contributed by atoms with Gasteiger partial charge in [-0.25, -0.2) is 5.43 Å². The van der Waals surface area contributed by atoms with E-state index >= 15 is 0 Å². The topological polar surface area (TPSA) is 107 Å². The van der Waals surface area contributed by atoms with Gasteiger partial charge in [0.25, 0.3) is 11.6 Å². The molecular weight excluding hydrogens is 374 g/mol. The van der Waals surface area contributed by atoms with E-state index < -0.39 is 10.8 Å². The highest BCUT2D eigenvalue weighted by atomic mass is 16.6. The summed E-state index contributed by atoms with van der Waals surface area (Å²) < 4.78 is 11.0. The average Bonchev–Trinajstić information content (AvgIpc) is 3.21. The normalized spacial score (nSPS) is 10.8. The molecule has 1 N–H and O–H groups in total. The first-order valence-electron chi connectivity index (χ1n) is 8.93. The van der Waals surface area contributed by atoms with E-state index in [4.69, 9.17) is 9.15 Å². The fourth-order valence-electron chi connectivity index (χ4n) is 2.52. The summed E-state index contributed by atoms with van der Waals surface area (Å²) in [6, 6.07) is 17.0. The molecule has 1 amide bonds. The van der Waals surface area contributed by atoms with Crippen LogP contribution in [0.15, 0.2) is 70.2 Å². The number of rotatable bonds is 8. The Balaban J connectivity index is 1.52. The summed E-state index contributed by atoms with van der Waals surface area (Å²) in [6.07, 6.45) is 2.28. The number of amides is 1. The Kier molecular flexibility index (Phi) is 6.36. The molecule has 0 atom stereocenters. The zero-order chi connectivity index (χ0) is 20.6. The second-order valence-corrected chi connectivity index (χ2v) is 6.09. The number of nitrogens with zero attached hydrogens (tertiary/aromatic N) is 2. The molecular formula is C21H19N3O5. The number of nitro groups is 1. The number of aryl methyl sites for hydroxylation is 1. The number of nitrogens with one attached hydrogen (secondary N) is 1. The molecule has 3 rings (SSSR count). The molecule has 1 heterocycles. The van der Waals surface area contributed by atoms with Gasteiger partial charge in [-0.05, 0) is 36.2 Å². The molecule has 0 bridgehead atoms. The van der Waals surface area contributed by atoms with Crippen molar-refractivity contribution in [2.75, 3.05) is 6.61 Å². The molecule has 3 aromatic rings. The van der Waals surface area contributed by atoms with E-state index in [1.165, 1.54) is 23.9 Å². The summed E-state index contributed by atoms with van der Waals surface area (Å²) in [5.74, 6) is 1.04. The van der Waals surface area contributed by atoms with Gasteiger partial charge in [-0.2, -0.15) is 5.10 Å². The number of nitro benzene ring substituents is 1. The molecule has 29 heavy (non-hydrogen) atoms. The van der Waals surface area contributed by atoms with Crippen LogP contribution >= 0.6 is 0 Å². The van der Waals surface area contributed by atoms with E-state index in [2.05, 4.69) is 17.5 Å². The third-order valence-electron chi connectivity index (χ3n) is 4.05. The maximum absolute atomic E-state index is 11.8. The molecule has 8 nitrogen and oxygen atoms in total. The van der Waals surface area contributed by atoms with Gasteiger partial charge < -0.3 is 9.15 Å². The smallest absolute Gasteiger partial charge is 0.277 e. The van der Waals surface area contributed by atoms with Gasteiger partial charge in [-0.1, -0.05) is 31.2 Å². The molecule has 0 spiro atoms. The fraction of sp³-hybridized carbons (Fsp3) is 0.143. The number of hydrogen-bond donors (Lipinski definition) is 1. The van der Waals surface area contributed by atoms with Gasteiger partial charge in [-0.3, -0.25) is 14.9 Å². The molecule has 0 saturated carbocycles. The lowest BCUT2D eigenvalue weighted by Crippen LogP contribution is -2.24. The van der Waals surface area contributed by atoms with E-state index in [-0.39, 0.29) is 12.3 Å². The Labute approximate surface area is 167 Å². The minimum atomic E-state index is -0.468. The van der Waals surface area contributed by atoms with Crippen molar-refractivity contribution in [2.45, 2.75) is 13.3 Å². The molecule has 2 aromatic carbocycles. The second kappa shape index (κ2) is 9.32. The van der Waals surface area contributed by atoms with Crippen LogP contribution in [0.3, 0.4) is 0 Å². The lowest BCUT2D eigenvalue weighted by atomic mass is 10.1. The number of carbonyl (C=O) groups is 1. The lowest BCUT2D eigenvalue weighted by molar-refractivity contribution is -0.384. The van der Waals surface area contributed by atoms with Crippen LogP contribution in [0.2, 0.25) is 0 Å². The van der Waals surface area contributed by atoms with E-state index in [9.17, 15) is 14.9 Å². The maximum Gasteiger partial charge on any atom is 0.277 e. The van der Waals surface area contributed by atoms with Gasteiger partial charge >= 0.3 is 0 Å². The number of furan rings is 1. The second-order valence-electron chi connectivity index (χ2n) is 6.09.